The van der Waals surface area contributed by atoms with Crippen molar-refractivity contribution in [3.63, 3.8) is 0 Å². The Kier molecular flexibility index (Phi) is 6.46. The molecule has 35 heavy (non-hydrogen) atoms. The van der Waals surface area contributed by atoms with E-state index < -0.39 is 18.0 Å². The highest BCUT2D eigenvalue weighted by atomic mass is 19.3. The number of piperazine rings is 1. The molecule has 5 rings (SSSR count). The number of likely N-dealkylation sites (N-methyl/N-ethyl adjacent to an activating group) is 1. The van der Waals surface area contributed by atoms with E-state index in [2.05, 4.69) is 37.3 Å². The number of halogens is 2. The van der Waals surface area contributed by atoms with Crippen LogP contribution in [0.15, 0.2) is 24.7 Å². The lowest BCUT2D eigenvalue weighted by Crippen LogP contribution is -2.44. The second-order valence-corrected chi connectivity index (χ2v) is 9.27. The third kappa shape index (κ3) is 4.75. The van der Waals surface area contributed by atoms with Crippen molar-refractivity contribution in [2.75, 3.05) is 43.4 Å². The molecule has 2 fully saturated rings. The molecule has 0 spiro atoms. The SMILES string of the molecule is CN1CCN(c2ccn3ncc(C(=O)Nc4cn(C5CCC(C=O)CC5)nc4C(F)F)c3n2)CC1. The smallest absolute Gasteiger partial charge is 0.284 e. The van der Waals surface area contributed by atoms with Crippen molar-refractivity contribution in [3.8, 4) is 0 Å². The summed E-state index contributed by atoms with van der Waals surface area (Å²) in [5.74, 6) is 0.177. The largest absolute Gasteiger partial charge is 0.354 e. The molecule has 1 amide bonds. The average molecular weight is 487 g/mol. The quantitative estimate of drug-likeness (QED) is 0.535. The topological polar surface area (TPSA) is 101 Å². The maximum absolute atomic E-state index is 13.7. The molecular formula is C23H28F2N8O2. The van der Waals surface area contributed by atoms with E-state index in [1.807, 2.05) is 6.07 Å². The van der Waals surface area contributed by atoms with Gasteiger partial charge in [-0.15, -0.1) is 0 Å². The van der Waals surface area contributed by atoms with Gasteiger partial charge in [0, 0.05) is 44.5 Å². The van der Waals surface area contributed by atoms with Crippen molar-refractivity contribution < 1.29 is 18.4 Å². The Hall–Kier alpha value is -3.41. The number of anilines is 2. The van der Waals surface area contributed by atoms with Crippen LogP contribution in [0.3, 0.4) is 0 Å². The van der Waals surface area contributed by atoms with Gasteiger partial charge < -0.3 is 19.9 Å². The Labute approximate surface area is 200 Å². The van der Waals surface area contributed by atoms with E-state index in [4.69, 9.17) is 0 Å². The standard InChI is InChI=1S/C23H28F2N8O2/c1-30-8-10-31(11-9-30)19-6-7-32-22(28-19)17(12-26-32)23(35)27-18-13-33(29-20(18)21(24)25)16-4-2-15(14-34)3-5-16/h6-7,12-16,21H,2-5,8-11H2,1H3,(H,27,35). The summed E-state index contributed by atoms with van der Waals surface area (Å²) >= 11 is 0. The van der Waals surface area contributed by atoms with E-state index in [9.17, 15) is 18.4 Å². The zero-order valence-corrected chi connectivity index (χ0v) is 19.5. The predicted octanol–water partition coefficient (Wildman–Crippen LogP) is 2.80. The van der Waals surface area contributed by atoms with Gasteiger partial charge >= 0.3 is 0 Å². The molecule has 0 aromatic carbocycles. The lowest BCUT2D eigenvalue weighted by atomic mass is 9.87. The molecule has 0 unspecified atom stereocenters. The first-order chi connectivity index (χ1) is 16.9. The Morgan fingerprint density at radius 2 is 1.91 bits per heavy atom. The van der Waals surface area contributed by atoms with Crippen LogP contribution >= 0.6 is 0 Å². The number of alkyl halides is 2. The van der Waals surface area contributed by atoms with Gasteiger partial charge in [0.05, 0.1) is 17.9 Å². The lowest BCUT2D eigenvalue weighted by molar-refractivity contribution is -0.112. The second kappa shape index (κ2) is 9.68. The van der Waals surface area contributed by atoms with E-state index in [0.717, 1.165) is 38.3 Å². The summed E-state index contributed by atoms with van der Waals surface area (Å²) in [5.41, 5.74) is 0.0491. The molecule has 12 heteroatoms. The van der Waals surface area contributed by atoms with Crippen LogP contribution in [0.4, 0.5) is 20.3 Å². The molecule has 1 saturated heterocycles. The minimum atomic E-state index is -2.84. The van der Waals surface area contributed by atoms with Gasteiger partial charge in [-0.3, -0.25) is 9.48 Å². The summed E-state index contributed by atoms with van der Waals surface area (Å²) in [7, 11) is 2.07. The number of nitrogens with one attached hydrogen (secondary N) is 1. The van der Waals surface area contributed by atoms with Crippen LogP contribution < -0.4 is 10.2 Å². The number of aldehydes is 1. The number of aromatic nitrogens is 5. The van der Waals surface area contributed by atoms with Crippen LogP contribution in [0.25, 0.3) is 5.65 Å². The summed E-state index contributed by atoms with van der Waals surface area (Å²) in [6.45, 7) is 3.47. The van der Waals surface area contributed by atoms with Crippen LogP contribution in [-0.4, -0.2) is 74.7 Å². The van der Waals surface area contributed by atoms with Gasteiger partial charge in [0.25, 0.3) is 12.3 Å². The Balaban J connectivity index is 1.37. The summed E-state index contributed by atoms with van der Waals surface area (Å²) in [5, 5.41) is 10.9. The van der Waals surface area contributed by atoms with Gasteiger partial charge in [-0.25, -0.2) is 18.3 Å². The zero-order valence-electron chi connectivity index (χ0n) is 19.5. The summed E-state index contributed by atoms with van der Waals surface area (Å²) in [6, 6.07) is 1.77. The molecule has 186 valence electrons. The second-order valence-electron chi connectivity index (χ2n) is 9.27. The first-order valence-electron chi connectivity index (χ1n) is 11.8. The first-order valence-corrected chi connectivity index (χ1v) is 11.8. The molecule has 1 aliphatic carbocycles. The average Bonchev–Trinajstić information content (AvgIpc) is 3.49. The Morgan fingerprint density at radius 3 is 2.60 bits per heavy atom. The maximum Gasteiger partial charge on any atom is 0.284 e. The van der Waals surface area contributed by atoms with Crippen molar-refractivity contribution in [1.82, 2.24) is 29.3 Å². The van der Waals surface area contributed by atoms with E-state index in [-0.39, 0.29) is 23.2 Å². The fourth-order valence-electron chi connectivity index (χ4n) is 4.77. The van der Waals surface area contributed by atoms with Crippen molar-refractivity contribution in [1.29, 1.82) is 0 Å². The number of amides is 1. The maximum atomic E-state index is 13.7. The van der Waals surface area contributed by atoms with E-state index >= 15 is 0 Å². The molecule has 3 aromatic rings. The van der Waals surface area contributed by atoms with Crippen LogP contribution in [0.1, 0.15) is 54.2 Å². The van der Waals surface area contributed by atoms with Crippen LogP contribution in [0, 0.1) is 5.92 Å². The van der Waals surface area contributed by atoms with Crippen LogP contribution in [0.5, 0.6) is 0 Å². The first kappa shape index (κ1) is 23.3. The highest BCUT2D eigenvalue weighted by Gasteiger charge is 2.27. The molecule has 1 saturated carbocycles. The van der Waals surface area contributed by atoms with E-state index in [0.29, 0.717) is 31.3 Å². The molecule has 0 atom stereocenters. The van der Waals surface area contributed by atoms with Gasteiger partial charge in [0.1, 0.15) is 17.7 Å². The monoisotopic (exact) mass is 486 g/mol. The third-order valence-electron chi connectivity index (χ3n) is 6.95. The van der Waals surface area contributed by atoms with Crippen LogP contribution in [0.2, 0.25) is 0 Å². The van der Waals surface area contributed by atoms with Gasteiger partial charge in [-0.05, 0) is 38.8 Å². The summed E-state index contributed by atoms with van der Waals surface area (Å²) in [4.78, 5) is 33.2. The van der Waals surface area contributed by atoms with Crippen molar-refractivity contribution in [2.45, 2.75) is 38.2 Å². The van der Waals surface area contributed by atoms with E-state index in [1.165, 1.54) is 21.6 Å². The summed E-state index contributed by atoms with van der Waals surface area (Å²) < 4.78 is 30.5. The Bertz CT molecular complexity index is 1210. The normalized spacial score (nSPS) is 21.5. The number of nitrogens with zero attached hydrogens (tertiary/aromatic N) is 7. The molecule has 2 aliphatic rings. The highest BCUT2D eigenvalue weighted by molar-refractivity contribution is 6.08. The number of fused-ring (bicyclic) bond motifs is 1. The Morgan fingerprint density at radius 1 is 1.17 bits per heavy atom. The summed E-state index contributed by atoms with van der Waals surface area (Å²) in [6.07, 6.45) is 5.44. The van der Waals surface area contributed by atoms with Crippen molar-refractivity contribution >= 4 is 29.3 Å². The highest BCUT2D eigenvalue weighted by Crippen LogP contribution is 2.34. The fourth-order valence-corrected chi connectivity index (χ4v) is 4.77. The van der Waals surface area contributed by atoms with Gasteiger partial charge in [0.15, 0.2) is 11.3 Å². The molecule has 1 N–H and O–H groups in total. The van der Waals surface area contributed by atoms with E-state index in [1.54, 1.807) is 6.20 Å². The fraction of sp³-hybridized carbons (Fsp3) is 0.522. The molecular weight excluding hydrogens is 458 g/mol. The van der Waals surface area contributed by atoms with Crippen molar-refractivity contribution in [3.05, 3.63) is 35.9 Å². The minimum Gasteiger partial charge on any atom is -0.354 e. The number of carbonyl (C=O) groups is 2. The van der Waals surface area contributed by atoms with Gasteiger partial charge in [0.2, 0.25) is 0 Å². The zero-order chi connectivity index (χ0) is 24.5. The number of carbonyl (C=O) groups excluding carboxylic acids is 2. The molecule has 0 bridgehead atoms. The van der Waals surface area contributed by atoms with Gasteiger partial charge in [-0.2, -0.15) is 10.2 Å². The molecule has 10 nitrogen and oxygen atoms in total. The predicted molar refractivity (Wildman–Crippen MR) is 125 cm³/mol. The van der Waals surface area contributed by atoms with Crippen LogP contribution in [-0.2, 0) is 4.79 Å². The van der Waals surface area contributed by atoms with Crippen molar-refractivity contribution in [2.24, 2.45) is 5.92 Å². The molecule has 0 radical (unpaired) electrons. The number of hydrogen-bond donors (Lipinski definition) is 1. The van der Waals surface area contributed by atoms with Gasteiger partial charge in [-0.1, -0.05) is 0 Å². The third-order valence-corrected chi connectivity index (χ3v) is 6.95. The minimum absolute atomic E-state index is 0.00872. The molecule has 1 aliphatic heterocycles. The lowest BCUT2D eigenvalue weighted by Gasteiger charge is -2.33. The molecule has 3 aromatic heterocycles. The molecule has 4 heterocycles. The number of hydrogen-bond acceptors (Lipinski definition) is 7. The number of rotatable bonds is 6.